The predicted octanol–water partition coefficient (Wildman–Crippen LogP) is 2.10. The molecule has 7 heteroatoms. The third kappa shape index (κ3) is 1.92. The van der Waals surface area contributed by atoms with Crippen LogP contribution in [0.1, 0.15) is 6.42 Å². The molecule has 0 aromatic rings. The van der Waals surface area contributed by atoms with E-state index in [4.69, 9.17) is 14.2 Å². The molecule has 2 fully saturated rings. The largest absolute Gasteiger partial charge is 0.501 e. The van der Waals surface area contributed by atoms with Gasteiger partial charge in [0.2, 0.25) is 0 Å². The van der Waals surface area contributed by atoms with Crippen molar-refractivity contribution in [2.75, 3.05) is 27.9 Å². The highest BCUT2D eigenvalue weighted by Crippen LogP contribution is 2.65. The molecule has 2 aliphatic carbocycles. The summed E-state index contributed by atoms with van der Waals surface area (Å²) < 4.78 is 15.4. The molecule has 6 nitrogen and oxygen atoms in total. The molecule has 23 heavy (non-hydrogen) atoms. The number of esters is 1. The van der Waals surface area contributed by atoms with Crippen LogP contribution >= 0.6 is 15.9 Å². The van der Waals surface area contributed by atoms with Crippen molar-refractivity contribution in [3.63, 3.8) is 0 Å². The summed E-state index contributed by atoms with van der Waals surface area (Å²) in [6, 6.07) is -0.188. The van der Waals surface area contributed by atoms with Gasteiger partial charge in [0, 0.05) is 29.1 Å². The van der Waals surface area contributed by atoms with Gasteiger partial charge < -0.3 is 19.1 Å². The number of allylic oxidation sites excluding steroid dienone is 1. The van der Waals surface area contributed by atoms with Crippen LogP contribution in [0.4, 0.5) is 4.79 Å². The Kier molecular flexibility index (Phi) is 3.94. The monoisotopic (exact) mass is 385 g/mol. The number of halogens is 1. The zero-order valence-electron chi connectivity index (χ0n) is 13.4. The molecule has 3 rings (SSSR count). The molecule has 0 N–H and O–H groups in total. The van der Waals surface area contributed by atoms with Gasteiger partial charge in [-0.3, -0.25) is 0 Å². The molecule has 3 aliphatic rings. The van der Waals surface area contributed by atoms with Crippen LogP contribution in [0, 0.1) is 17.3 Å². The number of likely N-dealkylation sites (tertiary alicyclic amines) is 1. The van der Waals surface area contributed by atoms with Crippen molar-refractivity contribution < 1.29 is 23.8 Å². The molecular formula is C16H20BrNO5. The van der Waals surface area contributed by atoms with Crippen LogP contribution in [0.5, 0.6) is 0 Å². The number of amides is 1. The first-order chi connectivity index (χ1) is 11.0. The van der Waals surface area contributed by atoms with Crippen LogP contribution in [0.15, 0.2) is 24.0 Å². The molecule has 0 aromatic heterocycles. The summed E-state index contributed by atoms with van der Waals surface area (Å²) in [5, 5.41) is 0. The molecular weight excluding hydrogens is 366 g/mol. The maximum Gasteiger partial charge on any atom is 0.409 e. The summed E-state index contributed by atoms with van der Waals surface area (Å²) in [6.45, 7) is 4.49. The van der Waals surface area contributed by atoms with Gasteiger partial charge in [0.25, 0.3) is 0 Å². The lowest BCUT2D eigenvalue weighted by Crippen LogP contribution is -2.49. The summed E-state index contributed by atoms with van der Waals surface area (Å²) in [7, 11) is 4.28. The fourth-order valence-corrected chi connectivity index (χ4v) is 5.92. The van der Waals surface area contributed by atoms with Crippen molar-refractivity contribution in [1.82, 2.24) is 4.90 Å². The SMILES string of the molecule is C=CC12CN(C(=O)OC)C3C(Br)C1CC(OC)=C(C(=O)OC)C32. The van der Waals surface area contributed by atoms with Crippen molar-refractivity contribution in [2.45, 2.75) is 17.3 Å². The molecule has 5 atom stereocenters. The van der Waals surface area contributed by atoms with E-state index in [9.17, 15) is 9.59 Å². The molecule has 1 aliphatic heterocycles. The van der Waals surface area contributed by atoms with Gasteiger partial charge in [-0.05, 0) is 5.92 Å². The van der Waals surface area contributed by atoms with Crippen LogP contribution in [-0.2, 0) is 19.0 Å². The number of alkyl halides is 1. The van der Waals surface area contributed by atoms with E-state index in [-0.39, 0.29) is 28.1 Å². The molecule has 5 unspecified atom stereocenters. The Morgan fingerprint density at radius 1 is 1.35 bits per heavy atom. The molecule has 1 saturated carbocycles. The van der Waals surface area contributed by atoms with E-state index in [0.29, 0.717) is 24.3 Å². The molecule has 126 valence electrons. The summed E-state index contributed by atoms with van der Waals surface area (Å²) in [5.74, 6) is 0.238. The van der Waals surface area contributed by atoms with Crippen molar-refractivity contribution in [1.29, 1.82) is 0 Å². The van der Waals surface area contributed by atoms with Crippen molar-refractivity contribution in [2.24, 2.45) is 17.3 Å². The quantitative estimate of drug-likeness (QED) is 0.422. The Labute approximate surface area is 143 Å². The number of ether oxygens (including phenoxy) is 3. The van der Waals surface area contributed by atoms with Gasteiger partial charge in [-0.2, -0.15) is 0 Å². The maximum atomic E-state index is 12.4. The number of piperidine rings is 1. The number of rotatable bonds is 3. The van der Waals surface area contributed by atoms with Crippen molar-refractivity contribution >= 4 is 28.0 Å². The minimum Gasteiger partial charge on any atom is -0.501 e. The number of nitrogens with zero attached hydrogens (tertiary/aromatic N) is 1. The van der Waals surface area contributed by atoms with E-state index in [1.807, 2.05) is 6.08 Å². The van der Waals surface area contributed by atoms with Crippen LogP contribution in [-0.4, -0.2) is 55.7 Å². The average Bonchev–Trinajstić information content (AvgIpc) is 2.99. The molecule has 0 radical (unpaired) electrons. The Morgan fingerprint density at radius 3 is 2.57 bits per heavy atom. The average molecular weight is 386 g/mol. The van der Waals surface area contributed by atoms with Crippen LogP contribution in [0.2, 0.25) is 0 Å². The Balaban J connectivity index is 2.15. The van der Waals surface area contributed by atoms with E-state index in [2.05, 4.69) is 22.5 Å². The van der Waals surface area contributed by atoms with Gasteiger partial charge in [0.1, 0.15) is 5.76 Å². The van der Waals surface area contributed by atoms with E-state index >= 15 is 0 Å². The van der Waals surface area contributed by atoms with Crippen molar-refractivity contribution in [3.8, 4) is 0 Å². The van der Waals surface area contributed by atoms with Gasteiger partial charge >= 0.3 is 12.1 Å². The van der Waals surface area contributed by atoms with E-state index < -0.39 is 12.1 Å². The molecule has 1 amide bonds. The van der Waals surface area contributed by atoms with Crippen molar-refractivity contribution in [3.05, 3.63) is 24.0 Å². The molecule has 1 saturated heterocycles. The Morgan fingerprint density at radius 2 is 2.04 bits per heavy atom. The minimum absolute atomic E-state index is 0.0330. The highest BCUT2D eigenvalue weighted by atomic mass is 79.9. The standard InChI is InChI=1S/C16H20BrNO5/c1-5-16-7-18(15(20)23-4)13-11(16)10(14(19)22-3)9(21-2)6-8(16)12(13)17/h5,8,11-13H,1,6-7H2,2-4H3. The first-order valence-electron chi connectivity index (χ1n) is 7.44. The van der Waals surface area contributed by atoms with Crippen LogP contribution in [0.3, 0.4) is 0 Å². The fraction of sp³-hybridized carbons (Fsp3) is 0.625. The number of carbonyl (C=O) groups is 2. The van der Waals surface area contributed by atoms with Gasteiger partial charge in [-0.1, -0.05) is 22.0 Å². The number of hydrogen-bond acceptors (Lipinski definition) is 5. The third-order valence-electron chi connectivity index (χ3n) is 5.58. The van der Waals surface area contributed by atoms with Crippen LogP contribution < -0.4 is 0 Å². The van der Waals surface area contributed by atoms with E-state index in [1.54, 1.807) is 12.0 Å². The lowest BCUT2D eigenvalue weighted by atomic mass is 9.65. The third-order valence-corrected chi connectivity index (χ3v) is 6.76. The number of carbonyl (C=O) groups excluding carboxylic acids is 2. The Hall–Kier alpha value is -1.50. The van der Waals surface area contributed by atoms with Crippen LogP contribution in [0.25, 0.3) is 0 Å². The van der Waals surface area contributed by atoms with Gasteiger partial charge in [0.05, 0.1) is 32.9 Å². The summed E-state index contributed by atoms with van der Waals surface area (Å²) in [5.41, 5.74) is 0.142. The second-order valence-electron chi connectivity index (χ2n) is 6.17. The van der Waals surface area contributed by atoms with E-state index in [1.165, 1.54) is 14.2 Å². The summed E-state index contributed by atoms with van der Waals surface area (Å²) >= 11 is 3.74. The zero-order chi connectivity index (χ0) is 16.9. The first-order valence-corrected chi connectivity index (χ1v) is 8.36. The molecule has 0 aromatic carbocycles. The zero-order valence-corrected chi connectivity index (χ0v) is 15.0. The topological polar surface area (TPSA) is 65.1 Å². The normalized spacial score (nSPS) is 37.7. The second kappa shape index (κ2) is 5.54. The first kappa shape index (κ1) is 16.4. The van der Waals surface area contributed by atoms with Gasteiger partial charge in [-0.15, -0.1) is 6.58 Å². The number of hydrogen-bond donors (Lipinski definition) is 0. The Bertz CT molecular complexity index is 603. The van der Waals surface area contributed by atoms with Gasteiger partial charge in [0.15, 0.2) is 0 Å². The fourth-order valence-electron chi connectivity index (χ4n) is 4.65. The maximum absolute atomic E-state index is 12.4. The molecule has 4 bridgehead atoms. The summed E-state index contributed by atoms with van der Waals surface area (Å²) in [6.07, 6.45) is 2.11. The lowest BCUT2D eigenvalue weighted by molar-refractivity contribution is -0.137. The lowest BCUT2D eigenvalue weighted by Gasteiger charge is -2.42. The second-order valence-corrected chi connectivity index (χ2v) is 7.23. The van der Waals surface area contributed by atoms with Gasteiger partial charge in [-0.25, -0.2) is 9.59 Å². The minimum atomic E-state index is -0.408. The molecule has 1 heterocycles. The highest BCUT2D eigenvalue weighted by Gasteiger charge is 2.70. The molecule has 0 spiro atoms. The smallest absolute Gasteiger partial charge is 0.409 e. The van der Waals surface area contributed by atoms with E-state index in [0.717, 1.165) is 0 Å². The highest BCUT2D eigenvalue weighted by molar-refractivity contribution is 9.09. The number of methoxy groups -OCH3 is 3. The summed E-state index contributed by atoms with van der Waals surface area (Å²) in [4.78, 5) is 26.3. The predicted molar refractivity (Wildman–Crippen MR) is 85.9 cm³/mol.